The summed E-state index contributed by atoms with van der Waals surface area (Å²) in [6, 6.07) is 50.3. The lowest BCUT2D eigenvalue weighted by Crippen LogP contribution is -1.94. The van der Waals surface area contributed by atoms with Crippen molar-refractivity contribution in [2.45, 2.75) is 0 Å². The van der Waals surface area contributed by atoms with Gasteiger partial charge in [0.25, 0.3) is 0 Å². The monoisotopic (exact) mass is 484 g/mol. The summed E-state index contributed by atoms with van der Waals surface area (Å²) in [5, 5.41) is 5.06. The molecule has 2 heteroatoms. The minimum Gasteiger partial charge on any atom is -0.355 e. The number of benzene rings is 6. The molecule has 0 saturated heterocycles. The van der Waals surface area contributed by atoms with Crippen LogP contribution in [0.25, 0.3) is 71.6 Å². The molecular formula is C36H24N2. The van der Waals surface area contributed by atoms with E-state index in [1.165, 1.54) is 71.6 Å². The lowest BCUT2D eigenvalue weighted by atomic mass is 10.0. The second-order valence-electron chi connectivity index (χ2n) is 9.93. The summed E-state index contributed by atoms with van der Waals surface area (Å²) in [6.45, 7) is 0. The van der Waals surface area contributed by atoms with E-state index in [1.54, 1.807) is 0 Å². The van der Waals surface area contributed by atoms with Crippen molar-refractivity contribution >= 4 is 43.6 Å². The van der Waals surface area contributed by atoms with Crippen LogP contribution < -0.4 is 0 Å². The molecule has 0 aliphatic rings. The SMILES string of the molecule is c1ccc(-c2cccc(-n3c4ccccc4c4ccc(-c5ccc6[nH]c7ccccc7c6c5)cc43)c2)cc1. The molecule has 0 radical (unpaired) electrons. The van der Waals surface area contributed by atoms with Crippen molar-refractivity contribution in [1.29, 1.82) is 0 Å². The molecule has 0 amide bonds. The average Bonchev–Trinajstić information content (AvgIpc) is 3.52. The van der Waals surface area contributed by atoms with Gasteiger partial charge in [0.15, 0.2) is 0 Å². The molecule has 0 spiro atoms. The molecule has 0 atom stereocenters. The Hall–Kier alpha value is -5.08. The van der Waals surface area contributed by atoms with Gasteiger partial charge in [-0.25, -0.2) is 0 Å². The fourth-order valence-electron chi connectivity index (χ4n) is 5.91. The first kappa shape index (κ1) is 21.0. The second kappa shape index (κ2) is 8.22. The van der Waals surface area contributed by atoms with Crippen LogP contribution in [0.3, 0.4) is 0 Å². The first-order chi connectivity index (χ1) is 18.8. The van der Waals surface area contributed by atoms with E-state index in [-0.39, 0.29) is 0 Å². The highest BCUT2D eigenvalue weighted by molar-refractivity contribution is 6.11. The molecule has 1 N–H and O–H groups in total. The Labute approximate surface area is 220 Å². The molecule has 0 aliphatic carbocycles. The zero-order valence-electron chi connectivity index (χ0n) is 20.7. The predicted molar refractivity (Wildman–Crippen MR) is 161 cm³/mol. The summed E-state index contributed by atoms with van der Waals surface area (Å²) in [6.07, 6.45) is 0. The maximum absolute atomic E-state index is 3.55. The molecule has 6 aromatic carbocycles. The minimum absolute atomic E-state index is 1.17. The maximum atomic E-state index is 3.55. The summed E-state index contributed by atoms with van der Waals surface area (Å²) < 4.78 is 2.41. The number of hydrogen-bond donors (Lipinski definition) is 1. The third-order valence-corrected chi connectivity index (χ3v) is 7.72. The van der Waals surface area contributed by atoms with Crippen LogP contribution in [0.1, 0.15) is 0 Å². The van der Waals surface area contributed by atoms with Gasteiger partial charge in [0, 0.05) is 38.3 Å². The number of nitrogens with zero attached hydrogens (tertiary/aromatic N) is 1. The van der Waals surface area contributed by atoms with Gasteiger partial charge in [-0.15, -0.1) is 0 Å². The summed E-state index contributed by atoms with van der Waals surface area (Å²) >= 11 is 0. The normalized spacial score (nSPS) is 11.7. The van der Waals surface area contributed by atoms with Crippen LogP contribution in [-0.2, 0) is 0 Å². The maximum Gasteiger partial charge on any atom is 0.0547 e. The van der Waals surface area contributed by atoms with E-state index in [0.29, 0.717) is 0 Å². The number of fused-ring (bicyclic) bond motifs is 6. The van der Waals surface area contributed by atoms with Crippen molar-refractivity contribution in [3.63, 3.8) is 0 Å². The third-order valence-electron chi connectivity index (χ3n) is 7.72. The molecule has 38 heavy (non-hydrogen) atoms. The Morgan fingerprint density at radius 3 is 1.95 bits per heavy atom. The van der Waals surface area contributed by atoms with Crippen molar-refractivity contribution in [2.24, 2.45) is 0 Å². The molecule has 2 heterocycles. The highest BCUT2D eigenvalue weighted by atomic mass is 15.0. The largest absolute Gasteiger partial charge is 0.355 e. The summed E-state index contributed by atoms with van der Waals surface area (Å²) in [7, 11) is 0. The van der Waals surface area contributed by atoms with E-state index in [0.717, 1.165) is 0 Å². The van der Waals surface area contributed by atoms with Crippen LogP contribution in [-0.4, -0.2) is 9.55 Å². The fourth-order valence-corrected chi connectivity index (χ4v) is 5.91. The molecule has 8 rings (SSSR count). The van der Waals surface area contributed by atoms with Crippen LogP contribution in [0.5, 0.6) is 0 Å². The van der Waals surface area contributed by atoms with Crippen LogP contribution in [0.15, 0.2) is 140 Å². The topological polar surface area (TPSA) is 20.7 Å². The highest BCUT2D eigenvalue weighted by Crippen LogP contribution is 2.37. The van der Waals surface area contributed by atoms with E-state index < -0.39 is 0 Å². The van der Waals surface area contributed by atoms with Crippen molar-refractivity contribution in [3.8, 4) is 27.9 Å². The van der Waals surface area contributed by atoms with Crippen molar-refractivity contribution in [2.75, 3.05) is 0 Å². The van der Waals surface area contributed by atoms with E-state index in [4.69, 9.17) is 0 Å². The van der Waals surface area contributed by atoms with E-state index in [2.05, 4.69) is 149 Å². The lowest BCUT2D eigenvalue weighted by Gasteiger charge is -2.11. The Kier molecular flexibility index (Phi) is 4.55. The average molecular weight is 485 g/mol. The van der Waals surface area contributed by atoms with Crippen LogP contribution >= 0.6 is 0 Å². The molecule has 2 aromatic heterocycles. The molecule has 0 aliphatic heterocycles. The number of aromatic nitrogens is 2. The third kappa shape index (κ3) is 3.21. The Morgan fingerprint density at radius 2 is 1.03 bits per heavy atom. The van der Waals surface area contributed by atoms with Gasteiger partial charge in [0.2, 0.25) is 0 Å². The van der Waals surface area contributed by atoms with Gasteiger partial charge in [0.05, 0.1) is 11.0 Å². The van der Waals surface area contributed by atoms with Gasteiger partial charge < -0.3 is 9.55 Å². The Morgan fingerprint density at radius 1 is 0.368 bits per heavy atom. The van der Waals surface area contributed by atoms with Gasteiger partial charge in [-0.3, -0.25) is 0 Å². The fraction of sp³-hybridized carbons (Fsp3) is 0. The van der Waals surface area contributed by atoms with Gasteiger partial charge >= 0.3 is 0 Å². The molecular weight excluding hydrogens is 460 g/mol. The van der Waals surface area contributed by atoms with Gasteiger partial charge in [-0.2, -0.15) is 0 Å². The smallest absolute Gasteiger partial charge is 0.0547 e. The summed E-state index contributed by atoms with van der Waals surface area (Å²) in [4.78, 5) is 3.55. The Balaban J connectivity index is 1.36. The Bertz CT molecular complexity index is 2130. The standard InChI is InChI=1S/C36H24N2/c1-2-9-24(10-3-1)25-11-8-12-28(21-25)38-35-16-7-5-14-30(35)31-19-17-27(23-36(31)38)26-18-20-34-32(22-26)29-13-4-6-15-33(29)37-34/h1-23,37H. The number of para-hydroxylation sites is 2. The van der Waals surface area contributed by atoms with Crippen LogP contribution in [0, 0.1) is 0 Å². The minimum atomic E-state index is 1.17. The quantitative estimate of drug-likeness (QED) is 0.258. The molecule has 0 saturated carbocycles. The van der Waals surface area contributed by atoms with E-state index in [9.17, 15) is 0 Å². The number of H-pyrrole nitrogens is 1. The lowest BCUT2D eigenvalue weighted by molar-refractivity contribution is 1.18. The first-order valence-corrected chi connectivity index (χ1v) is 13.0. The number of nitrogens with one attached hydrogen (secondary N) is 1. The molecule has 178 valence electrons. The second-order valence-corrected chi connectivity index (χ2v) is 9.93. The van der Waals surface area contributed by atoms with Crippen molar-refractivity contribution in [3.05, 3.63) is 140 Å². The van der Waals surface area contributed by atoms with Gasteiger partial charge in [0.1, 0.15) is 0 Å². The van der Waals surface area contributed by atoms with E-state index in [1.807, 2.05) is 0 Å². The zero-order chi connectivity index (χ0) is 25.1. The van der Waals surface area contributed by atoms with Crippen LogP contribution in [0.4, 0.5) is 0 Å². The first-order valence-electron chi connectivity index (χ1n) is 13.0. The zero-order valence-corrected chi connectivity index (χ0v) is 20.7. The molecule has 8 aromatic rings. The number of rotatable bonds is 3. The van der Waals surface area contributed by atoms with Crippen LogP contribution in [0.2, 0.25) is 0 Å². The van der Waals surface area contributed by atoms with Gasteiger partial charge in [-0.05, 0) is 64.7 Å². The summed E-state index contributed by atoms with van der Waals surface area (Å²) in [5.41, 5.74) is 10.8. The van der Waals surface area contributed by atoms with Gasteiger partial charge in [-0.1, -0.05) is 97.1 Å². The predicted octanol–water partition coefficient (Wildman–Crippen LogP) is 9.75. The van der Waals surface area contributed by atoms with Crippen molar-refractivity contribution in [1.82, 2.24) is 9.55 Å². The molecule has 0 bridgehead atoms. The number of hydrogen-bond acceptors (Lipinski definition) is 0. The van der Waals surface area contributed by atoms with E-state index >= 15 is 0 Å². The highest BCUT2D eigenvalue weighted by Gasteiger charge is 2.14. The summed E-state index contributed by atoms with van der Waals surface area (Å²) in [5.74, 6) is 0. The molecule has 0 fully saturated rings. The molecule has 0 unspecified atom stereocenters. The number of aromatic amines is 1. The molecule has 2 nitrogen and oxygen atoms in total. The van der Waals surface area contributed by atoms with Crippen molar-refractivity contribution < 1.29 is 0 Å².